The maximum atomic E-state index is 12.4. The van der Waals surface area contributed by atoms with Crippen LogP contribution in [0.25, 0.3) is 11.1 Å². The smallest absolute Gasteiger partial charge is 0.429 e. The fourth-order valence-corrected chi connectivity index (χ4v) is 3.46. The molecule has 0 bridgehead atoms. The fourth-order valence-electron chi connectivity index (χ4n) is 3.46. The zero-order valence-corrected chi connectivity index (χ0v) is 17.8. The van der Waals surface area contributed by atoms with Crippen LogP contribution in [-0.4, -0.2) is 47.0 Å². The summed E-state index contributed by atoms with van der Waals surface area (Å²) in [5.74, 6) is -1.24. The van der Waals surface area contributed by atoms with E-state index in [-0.39, 0.29) is 25.5 Å². The van der Waals surface area contributed by atoms with E-state index in [2.05, 4.69) is 5.43 Å². The van der Waals surface area contributed by atoms with Crippen LogP contribution in [0.5, 0.6) is 0 Å². The molecule has 0 radical (unpaired) electrons. The van der Waals surface area contributed by atoms with Gasteiger partial charge >= 0.3 is 18.2 Å². The predicted molar refractivity (Wildman–Crippen MR) is 113 cm³/mol. The molecule has 0 saturated carbocycles. The van der Waals surface area contributed by atoms with E-state index in [0.29, 0.717) is 0 Å². The Labute approximate surface area is 180 Å². The number of hydrazine groups is 1. The Bertz CT molecular complexity index is 937. The summed E-state index contributed by atoms with van der Waals surface area (Å²) in [5.41, 5.74) is 5.82. The lowest BCUT2D eigenvalue weighted by Gasteiger charge is -2.27. The maximum absolute atomic E-state index is 12.4. The lowest BCUT2D eigenvalue weighted by atomic mass is 9.98. The highest BCUT2D eigenvalue weighted by atomic mass is 16.6. The molecule has 0 spiro atoms. The average molecular weight is 426 g/mol. The summed E-state index contributed by atoms with van der Waals surface area (Å²) in [7, 11) is 0. The fraction of sp³-hybridized carbons (Fsp3) is 0.348. The standard InChI is InChI=1S/C23H26N2O6/c1-23(2,3)31-22(29)25(13-12-20(26)27)24-21(28)30-14-19-17-10-6-4-8-15(17)16-9-5-7-11-18(16)19/h4-11,19H,12-14H2,1-3H3,(H,24,28)(H,26,27). The molecule has 31 heavy (non-hydrogen) atoms. The molecule has 3 rings (SSSR count). The first-order valence-corrected chi connectivity index (χ1v) is 9.99. The molecule has 2 aromatic carbocycles. The van der Waals surface area contributed by atoms with E-state index in [1.165, 1.54) is 0 Å². The van der Waals surface area contributed by atoms with Gasteiger partial charge in [-0.05, 0) is 43.0 Å². The molecule has 0 aromatic heterocycles. The van der Waals surface area contributed by atoms with Crippen molar-refractivity contribution in [1.82, 2.24) is 10.4 Å². The Morgan fingerprint density at radius 2 is 1.55 bits per heavy atom. The first-order valence-electron chi connectivity index (χ1n) is 9.99. The molecule has 1 aliphatic carbocycles. The van der Waals surface area contributed by atoms with Crippen molar-refractivity contribution in [3.05, 3.63) is 59.7 Å². The Balaban J connectivity index is 1.67. The molecule has 8 nitrogen and oxygen atoms in total. The number of hydrogen-bond acceptors (Lipinski definition) is 5. The van der Waals surface area contributed by atoms with Gasteiger partial charge in [0, 0.05) is 5.92 Å². The zero-order valence-electron chi connectivity index (χ0n) is 17.8. The van der Waals surface area contributed by atoms with E-state index >= 15 is 0 Å². The first-order chi connectivity index (χ1) is 14.7. The van der Waals surface area contributed by atoms with Crippen molar-refractivity contribution in [1.29, 1.82) is 0 Å². The molecule has 0 aliphatic heterocycles. The number of rotatable bonds is 5. The maximum Gasteiger partial charge on any atom is 0.429 e. The second-order valence-corrected chi connectivity index (χ2v) is 8.21. The van der Waals surface area contributed by atoms with Crippen LogP contribution in [-0.2, 0) is 14.3 Å². The molecular weight excluding hydrogens is 400 g/mol. The van der Waals surface area contributed by atoms with Gasteiger partial charge in [0.25, 0.3) is 0 Å². The molecule has 164 valence electrons. The molecule has 2 amide bonds. The number of ether oxygens (including phenoxy) is 2. The normalized spacial score (nSPS) is 12.5. The number of aliphatic carboxylic acids is 1. The molecule has 1 aliphatic rings. The number of carbonyl (C=O) groups excluding carboxylic acids is 2. The van der Waals surface area contributed by atoms with E-state index in [1.807, 2.05) is 48.5 Å². The Kier molecular flexibility index (Phi) is 6.48. The minimum Gasteiger partial charge on any atom is -0.481 e. The summed E-state index contributed by atoms with van der Waals surface area (Å²) in [6.07, 6.45) is -2.08. The van der Waals surface area contributed by atoms with Crippen LogP contribution in [0.4, 0.5) is 9.59 Å². The van der Waals surface area contributed by atoms with Gasteiger partial charge < -0.3 is 14.6 Å². The van der Waals surface area contributed by atoms with E-state index in [1.54, 1.807) is 20.8 Å². The number of carboxylic acid groups (broad SMARTS) is 1. The molecule has 0 fully saturated rings. The van der Waals surface area contributed by atoms with Crippen LogP contribution >= 0.6 is 0 Å². The number of hydrogen-bond donors (Lipinski definition) is 2. The summed E-state index contributed by atoms with van der Waals surface area (Å²) in [6.45, 7) is 4.84. The predicted octanol–water partition coefficient (Wildman–Crippen LogP) is 4.15. The topological polar surface area (TPSA) is 105 Å². The molecule has 0 atom stereocenters. The number of nitrogens with one attached hydrogen (secondary N) is 1. The third-order valence-corrected chi connectivity index (χ3v) is 4.73. The Morgan fingerprint density at radius 1 is 1.00 bits per heavy atom. The molecule has 0 unspecified atom stereocenters. The number of amides is 2. The van der Waals surface area contributed by atoms with Gasteiger partial charge in [-0.15, -0.1) is 0 Å². The summed E-state index contributed by atoms with van der Waals surface area (Å²) in [5, 5.41) is 9.74. The van der Waals surface area contributed by atoms with Gasteiger partial charge in [0.1, 0.15) is 12.2 Å². The molecule has 0 saturated heterocycles. The number of carbonyl (C=O) groups is 3. The highest BCUT2D eigenvalue weighted by Gasteiger charge is 2.30. The number of carboxylic acids is 1. The van der Waals surface area contributed by atoms with Crippen LogP contribution in [0.3, 0.4) is 0 Å². The first kappa shape index (κ1) is 22.1. The molecule has 2 aromatic rings. The van der Waals surface area contributed by atoms with Gasteiger partial charge in [-0.3, -0.25) is 4.79 Å². The van der Waals surface area contributed by atoms with Crippen molar-refractivity contribution in [2.45, 2.75) is 38.7 Å². The van der Waals surface area contributed by atoms with E-state index in [9.17, 15) is 14.4 Å². The van der Waals surface area contributed by atoms with Crippen molar-refractivity contribution in [3.63, 3.8) is 0 Å². The Morgan fingerprint density at radius 3 is 2.06 bits per heavy atom. The third-order valence-electron chi connectivity index (χ3n) is 4.73. The third kappa shape index (κ3) is 5.53. The zero-order chi connectivity index (χ0) is 22.6. The summed E-state index contributed by atoms with van der Waals surface area (Å²) in [4.78, 5) is 35.7. The summed E-state index contributed by atoms with van der Waals surface area (Å²) < 4.78 is 10.6. The van der Waals surface area contributed by atoms with Crippen LogP contribution in [0, 0.1) is 0 Å². The van der Waals surface area contributed by atoms with Gasteiger partial charge in [-0.1, -0.05) is 48.5 Å². The molecule has 0 heterocycles. The summed E-state index contributed by atoms with van der Waals surface area (Å²) >= 11 is 0. The van der Waals surface area contributed by atoms with Gasteiger partial charge in [-0.25, -0.2) is 20.0 Å². The number of benzene rings is 2. The van der Waals surface area contributed by atoms with Crippen LogP contribution in [0.1, 0.15) is 44.2 Å². The minimum atomic E-state index is -1.11. The summed E-state index contributed by atoms with van der Waals surface area (Å²) in [6, 6.07) is 15.9. The van der Waals surface area contributed by atoms with Crippen LogP contribution < -0.4 is 5.43 Å². The second-order valence-electron chi connectivity index (χ2n) is 8.21. The van der Waals surface area contributed by atoms with Gasteiger partial charge in [-0.2, -0.15) is 0 Å². The van der Waals surface area contributed by atoms with Crippen LogP contribution in [0.15, 0.2) is 48.5 Å². The SMILES string of the molecule is CC(C)(C)OC(=O)N(CCC(=O)O)NC(=O)OCC1c2ccccc2-c2ccccc21. The van der Waals surface area contributed by atoms with Gasteiger partial charge in [0.2, 0.25) is 0 Å². The largest absolute Gasteiger partial charge is 0.481 e. The Hall–Kier alpha value is -3.55. The van der Waals surface area contributed by atoms with E-state index < -0.39 is 23.8 Å². The highest BCUT2D eigenvalue weighted by Crippen LogP contribution is 2.44. The lowest BCUT2D eigenvalue weighted by molar-refractivity contribution is -0.137. The highest BCUT2D eigenvalue weighted by molar-refractivity contribution is 5.79. The van der Waals surface area contributed by atoms with Crippen molar-refractivity contribution in [2.24, 2.45) is 0 Å². The monoisotopic (exact) mass is 426 g/mol. The van der Waals surface area contributed by atoms with Crippen LogP contribution in [0.2, 0.25) is 0 Å². The van der Waals surface area contributed by atoms with Crippen molar-refractivity contribution >= 4 is 18.2 Å². The van der Waals surface area contributed by atoms with Gasteiger partial charge in [0.05, 0.1) is 13.0 Å². The van der Waals surface area contributed by atoms with Crippen molar-refractivity contribution in [2.75, 3.05) is 13.2 Å². The lowest BCUT2D eigenvalue weighted by Crippen LogP contribution is -2.49. The van der Waals surface area contributed by atoms with Gasteiger partial charge in [0.15, 0.2) is 0 Å². The van der Waals surface area contributed by atoms with E-state index in [4.69, 9.17) is 14.6 Å². The minimum absolute atomic E-state index is 0.0704. The number of fused-ring (bicyclic) bond motifs is 3. The molecule has 8 heteroatoms. The van der Waals surface area contributed by atoms with E-state index in [0.717, 1.165) is 27.3 Å². The van der Waals surface area contributed by atoms with Crippen molar-refractivity contribution in [3.8, 4) is 11.1 Å². The molecule has 2 N–H and O–H groups in total. The van der Waals surface area contributed by atoms with Crippen molar-refractivity contribution < 1.29 is 29.0 Å². The second kappa shape index (κ2) is 9.07. The number of nitrogens with zero attached hydrogens (tertiary/aromatic N) is 1. The quantitative estimate of drug-likeness (QED) is 0.696. The molecular formula is C23H26N2O6. The average Bonchev–Trinajstić information content (AvgIpc) is 3.02.